The van der Waals surface area contributed by atoms with Gasteiger partial charge in [0.1, 0.15) is 11.8 Å². The topological polar surface area (TPSA) is 135 Å². The van der Waals surface area contributed by atoms with Crippen LogP contribution in [-0.4, -0.2) is 30.7 Å². The fourth-order valence-electron chi connectivity index (χ4n) is 4.22. The van der Waals surface area contributed by atoms with E-state index in [4.69, 9.17) is 5.10 Å². The number of carbonyl (C=O) groups is 1. The average Bonchev–Trinajstić information content (AvgIpc) is 3.31. The highest BCUT2D eigenvalue weighted by Crippen LogP contribution is 2.37. The Balaban J connectivity index is 1.45. The molecule has 5 rings (SSSR count). The molecule has 0 saturated heterocycles. The van der Waals surface area contributed by atoms with Crippen LogP contribution in [0.4, 0.5) is 17.3 Å². The molecule has 0 aliphatic carbocycles. The zero-order valence-electron chi connectivity index (χ0n) is 20.6. The molecule has 0 fully saturated rings. The summed E-state index contributed by atoms with van der Waals surface area (Å²) in [7, 11) is 0. The van der Waals surface area contributed by atoms with Crippen LogP contribution in [0.2, 0.25) is 0 Å². The van der Waals surface area contributed by atoms with Gasteiger partial charge in [-0.05, 0) is 48.7 Å². The lowest BCUT2D eigenvalue weighted by atomic mass is 9.95. The Morgan fingerprint density at radius 2 is 1.82 bits per heavy atom. The SMILES string of the molecule is CC1=C(C(=O)Nc2ccccc2C)C(c2ccc(O)cc2)n2nc(SCc3ccc([N+](=O)[O-])cc3)nc2N1. The Bertz CT molecular complexity index is 1550. The first-order valence-electron chi connectivity index (χ1n) is 11.8. The van der Waals surface area contributed by atoms with Crippen LogP contribution in [0.5, 0.6) is 5.75 Å². The number of thioether (sulfide) groups is 1. The molecule has 0 saturated carbocycles. The Morgan fingerprint density at radius 1 is 1.11 bits per heavy atom. The van der Waals surface area contributed by atoms with Gasteiger partial charge in [-0.15, -0.1) is 5.10 Å². The van der Waals surface area contributed by atoms with Gasteiger partial charge in [0.05, 0.1) is 10.5 Å². The van der Waals surface area contributed by atoms with Gasteiger partial charge in [0.2, 0.25) is 11.1 Å². The molecule has 0 radical (unpaired) electrons. The number of amides is 1. The van der Waals surface area contributed by atoms with Crippen molar-refractivity contribution in [3.63, 3.8) is 0 Å². The van der Waals surface area contributed by atoms with Gasteiger partial charge in [0.25, 0.3) is 11.6 Å². The molecule has 0 spiro atoms. The number of rotatable bonds is 7. The molecule has 1 aliphatic rings. The first-order valence-corrected chi connectivity index (χ1v) is 12.7. The third-order valence-corrected chi connectivity index (χ3v) is 7.10. The minimum Gasteiger partial charge on any atom is -0.508 e. The molecule has 3 aromatic carbocycles. The van der Waals surface area contributed by atoms with Crippen molar-refractivity contribution in [1.82, 2.24) is 14.8 Å². The molecule has 10 nitrogen and oxygen atoms in total. The van der Waals surface area contributed by atoms with E-state index < -0.39 is 11.0 Å². The van der Waals surface area contributed by atoms with Crippen LogP contribution < -0.4 is 10.6 Å². The molecule has 1 aromatic heterocycles. The number of non-ortho nitro benzene ring substituents is 1. The van der Waals surface area contributed by atoms with Gasteiger partial charge in [-0.1, -0.05) is 54.2 Å². The van der Waals surface area contributed by atoms with Crippen molar-refractivity contribution in [2.45, 2.75) is 30.8 Å². The van der Waals surface area contributed by atoms with Crippen LogP contribution in [0.1, 0.15) is 29.7 Å². The second-order valence-corrected chi connectivity index (χ2v) is 9.74. The summed E-state index contributed by atoms with van der Waals surface area (Å²) in [5, 5.41) is 32.2. The van der Waals surface area contributed by atoms with E-state index in [-0.39, 0.29) is 17.3 Å². The van der Waals surface area contributed by atoms with Crippen molar-refractivity contribution in [3.05, 3.63) is 111 Å². The first kappa shape index (κ1) is 25.0. The number of phenols is 1. The van der Waals surface area contributed by atoms with E-state index in [0.717, 1.165) is 16.7 Å². The number of carbonyl (C=O) groups excluding carboxylic acids is 1. The molecule has 1 amide bonds. The van der Waals surface area contributed by atoms with Crippen LogP contribution >= 0.6 is 11.8 Å². The monoisotopic (exact) mass is 528 g/mol. The molecule has 0 bridgehead atoms. The van der Waals surface area contributed by atoms with E-state index in [0.29, 0.717) is 33.8 Å². The van der Waals surface area contributed by atoms with E-state index >= 15 is 0 Å². The van der Waals surface area contributed by atoms with Crippen LogP contribution in [0.25, 0.3) is 0 Å². The second-order valence-electron chi connectivity index (χ2n) is 8.80. The molecule has 2 heterocycles. The standard InChI is InChI=1S/C27H24N6O4S/c1-16-5-3-4-6-22(16)29-25(35)23-17(2)28-26-30-27(38-15-18-7-11-20(12-8-18)33(36)37)31-32(26)24(23)19-9-13-21(34)14-10-19/h3-14,24,34H,15H2,1-2H3,(H,29,35)(H,28,30,31). The third kappa shape index (κ3) is 5.09. The number of hydrogen-bond acceptors (Lipinski definition) is 8. The lowest BCUT2D eigenvalue weighted by molar-refractivity contribution is -0.384. The zero-order chi connectivity index (χ0) is 26.8. The summed E-state index contributed by atoms with van der Waals surface area (Å²) in [5.41, 5.74) is 4.46. The molecule has 1 unspecified atom stereocenters. The van der Waals surface area contributed by atoms with Crippen molar-refractivity contribution in [2.75, 3.05) is 10.6 Å². The summed E-state index contributed by atoms with van der Waals surface area (Å²) in [5.74, 6) is 0.841. The highest BCUT2D eigenvalue weighted by atomic mass is 32.2. The van der Waals surface area contributed by atoms with Crippen LogP contribution in [-0.2, 0) is 10.5 Å². The molecule has 192 valence electrons. The maximum absolute atomic E-state index is 13.6. The molecule has 1 aliphatic heterocycles. The number of nitro groups is 1. The van der Waals surface area contributed by atoms with E-state index in [9.17, 15) is 20.0 Å². The molecular formula is C27H24N6O4S. The van der Waals surface area contributed by atoms with Crippen LogP contribution in [0.15, 0.2) is 89.2 Å². The number of aromatic hydroxyl groups is 1. The van der Waals surface area contributed by atoms with Gasteiger partial charge in [0, 0.05) is 29.3 Å². The lowest BCUT2D eigenvalue weighted by Gasteiger charge is -2.28. The van der Waals surface area contributed by atoms with Crippen molar-refractivity contribution in [2.24, 2.45) is 0 Å². The van der Waals surface area contributed by atoms with E-state index in [2.05, 4.69) is 15.6 Å². The van der Waals surface area contributed by atoms with Crippen LogP contribution in [0, 0.1) is 17.0 Å². The van der Waals surface area contributed by atoms with Crippen molar-refractivity contribution in [1.29, 1.82) is 0 Å². The predicted octanol–water partition coefficient (Wildman–Crippen LogP) is 5.42. The second kappa shape index (κ2) is 10.4. The predicted molar refractivity (Wildman–Crippen MR) is 145 cm³/mol. The fourth-order valence-corrected chi connectivity index (χ4v) is 5.00. The van der Waals surface area contributed by atoms with Gasteiger partial charge >= 0.3 is 0 Å². The Morgan fingerprint density at radius 3 is 2.50 bits per heavy atom. The fraction of sp³-hybridized carbons (Fsp3) is 0.148. The Hall–Kier alpha value is -4.64. The Kier molecular flexibility index (Phi) is 6.84. The molecule has 38 heavy (non-hydrogen) atoms. The van der Waals surface area contributed by atoms with E-state index in [1.165, 1.54) is 23.9 Å². The maximum Gasteiger partial charge on any atom is 0.269 e. The highest BCUT2D eigenvalue weighted by Gasteiger charge is 2.34. The van der Waals surface area contributed by atoms with E-state index in [1.807, 2.05) is 38.1 Å². The maximum atomic E-state index is 13.6. The number of nitrogens with one attached hydrogen (secondary N) is 2. The number of anilines is 2. The number of nitrogens with zero attached hydrogens (tertiary/aromatic N) is 4. The number of aryl methyl sites for hydroxylation is 1. The minimum atomic E-state index is -0.586. The van der Waals surface area contributed by atoms with Crippen molar-refractivity contribution >= 4 is 35.0 Å². The summed E-state index contributed by atoms with van der Waals surface area (Å²) >= 11 is 1.38. The van der Waals surface area contributed by atoms with Gasteiger partial charge in [-0.2, -0.15) is 4.98 Å². The molecular weight excluding hydrogens is 504 g/mol. The third-order valence-electron chi connectivity index (χ3n) is 6.19. The molecule has 3 N–H and O–H groups in total. The lowest BCUT2D eigenvalue weighted by Crippen LogP contribution is -2.31. The first-order chi connectivity index (χ1) is 18.3. The summed E-state index contributed by atoms with van der Waals surface area (Å²) in [6.07, 6.45) is 0. The van der Waals surface area contributed by atoms with Crippen molar-refractivity contribution in [3.8, 4) is 5.75 Å². The van der Waals surface area contributed by atoms with Gasteiger partial charge in [-0.25, -0.2) is 4.68 Å². The minimum absolute atomic E-state index is 0.0355. The summed E-state index contributed by atoms with van der Waals surface area (Å²) in [6, 6.07) is 20.0. The van der Waals surface area contributed by atoms with Gasteiger partial charge < -0.3 is 15.7 Å². The Labute approximate surface area is 222 Å². The number of benzene rings is 3. The largest absolute Gasteiger partial charge is 0.508 e. The van der Waals surface area contributed by atoms with Gasteiger partial charge in [-0.3, -0.25) is 14.9 Å². The number of allylic oxidation sites excluding steroid dienone is 1. The molecule has 1 atom stereocenters. The van der Waals surface area contributed by atoms with Gasteiger partial charge in [0.15, 0.2) is 0 Å². The summed E-state index contributed by atoms with van der Waals surface area (Å²) < 4.78 is 1.67. The number of para-hydroxylation sites is 1. The summed E-state index contributed by atoms with van der Waals surface area (Å²) in [6.45, 7) is 3.75. The normalized spacial score (nSPS) is 14.5. The average molecular weight is 529 g/mol. The molecule has 11 heteroatoms. The molecule has 4 aromatic rings. The van der Waals surface area contributed by atoms with Crippen LogP contribution in [0.3, 0.4) is 0 Å². The zero-order valence-corrected chi connectivity index (χ0v) is 21.4. The van der Waals surface area contributed by atoms with Crippen molar-refractivity contribution < 1.29 is 14.8 Å². The smallest absolute Gasteiger partial charge is 0.269 e. The number of fused-ring (bicyclic) bond motifs is 1. The summed E-state index contributed by atoms with van der Waals surface area (Å²) in [4.78, 5) is 28.7. The number of phenolic OH excluding ortho intramolecular Hbond substituents is 1. The number of aromatic nitrogens is 3. The quantitative estimate of drug-likeness (QED) is 0.164. The highest BCUT2D eigenvalue weighted by molar-refractivity contribution is 7.98. The number of hydrogen-bond donors (Lipinski definition) is 3. The number of nitro benzene ring substituents is 1. The van der Waals surface area contributed by atoms with E-state index in [1.54, 1.807) is 41.1 Å².